The Morgan fingerprint density at radius 3 is 1.75 bits per heavy atom. The van der Waals surface area contributed by atoms with E-state index in [1.807, 2.05) is 6.79 Å². The quantitative estimate of drug-likeness (QED) is 0.642. The van der Waals surface area contributed by atoms with Gasteiger partial charge in [0, 0.05) is 36.9 Å². The fourth-order valence-electron chi connectivity index (χ4n) is 1.94. The first kappa shape index (κ1) is 15.5. The lowest BCUT2D eigenvalue weighted by molar-refractivity contribution is -0.139. The molecule has 0 saturated heterocycles. The monoisotopic (exact) mass is 278 g/mol. The molecule has 2 aliphatic heterocycles. The van der Waals surface area contributed by atoms with Gasteiger partial charge < -0.3 is 4.79 Å². The molecule has 106 valence electrons. The van der Waals surface area contributed by atoms with E-state index >= 15 is 0 Å². The highest BCUT2D eigenvalue weighted by molar-refractivity contribution is 6.13. The molecule has 1 atom stereocenters. The molecule has 4 amide bonds. The van der Waals surface area contributed by atoms with Crippen molar-refractivity contribution in [1.29, 1.82) is 0 Å². The molecule has 0 aromatic carbocycles. The third kappa shape index (κ3) is 3.05. The maximum absolute atomic E-state index is 11.4. The van der Waals surface area contributed by atoms with Gasteiger partial charge in [0.15, 0.2) is 0 Å². The molecule has 2 aliphatic rings. The summed E-state index contributed by atoms with van der Waals surface area (Å²) >= 11 is 0. The summed E-state index contributed by atoms with van der Waals surface area (Å²) in [4.78, 5) is 55.6. The second-order valence-electron chi connectivity index (χ2n) is 4.18. The number of carbonyl (C=O) groups excluding carboxylic acids is 5. The molecule has 2 rings (SSSR count). The van der Waals surface area contributed by atoms with Gasteiger partial charge in [0.1, 0.15) is 6.79 Å². The molecule has 0 N–H and O–H groups in total. The Morgan fingerprint density at radius 2 is 1.30 bits per heavy atom. The molecule has 0 saturated carbocycles. The smallest absolute Gasteiger partial charge is 0.253 e. The van der Waals surface area contributed by atoms with E-state index in [1.54, 1.807) is 6.92 Å². The van der Waals surface area contributed by atoms with Crippen molar-refractivity contribution in [2.45, 2.75) is 19.4 Å². The lowest BCUT2D eigenvalue weighted by Gasteiger charge is -2.24. The van der Waals surface area contributed by atoms with Crippen LogP contribution in [0.4, 0.5) is 0 Å². The Labute approximate surface area is 115 Å². The SMILES string of the molecule is C=O.CC(CCN1C(=O)C=CC1=O)N1C(=O)C=CC1=O. The Balaban J connectivity index is 0.000000956. The van der Waals surface area contributed by atoms with Crippen LogP contribution < -0.4 is 0 Å². The molecular formula is C13H14N2O5. The number of nitrogens with zero attached hydrogens (tertiary/aromatic N) is 2. The first-order chi connectivity index (χ1) is 9.50. The fourth-order valence-corrected chi connectivity index (χ4v) is 1.94. The molecule has 7 heteroatoms. The van der Waals surface area contributed by atoms with Crippen LogP contribution >= 0.6 is 0 Å². The number of imide groups is 2. The average Bonchev–Trinajstić information content (AvgIpc) is 2.93. The molecule has 0 fully saturated rings. The van der Waals surface area contributed by atoms with Crippen molar-refractivity contribution >= 4 is 30.4 Å². The highest BCUT2D eigenvalue weighted by atomic mass is 16.2. The lowest BCUT2D eigenvalue weighted by atomic mass is 10.2. The topological polar surface area (TPSA) is 91.8 Å². The van der Waals surface area contributed by atoms with Crippen LogP contribution in [0.15, 0.2) is 24.3 Å². The molecule has 0 aromatic rings. The van der Waals surface area contributed by atoms with Crippen LogP contribution in [0, 0.1) is 0 Å². The van der Waals surface area contributed by atoms with E-state index in [0.717, 1.165) is 9.80 Å². The lowest BCUT2D eigenvalue weighted by Crippen LogP contribution is -2.41. The first-order valence-corrected chi connectivity index (χ1v) is 5.88. The number of hydrogen-bond acceptors (Lipinski definition) is 5. The zero-order chi connectivity index (χ0) is 15.3. The minimum absolute atomic E-state index is 0.197. The summed E-state index contributed by atoms with van der Waals surface area (Å²) in [5.74, 6) is -1.43. The van der Waals surface area contributed by atoms with Crippen LogP contribution in [0.5, 0.6) is 0 Å². The molecule has 2 heterocycles. The second-order valence-corrected chi connectivity index (χ2v) is 4.18. The van der Waals surface area contributed by atoms with E-state index in [1.165, 1.54) is 24.3 Å². The van der Waals surface area contributed by atoms with Crippen molar-refractivity contribution in [3.63, 3.8) is 0 Å². The highest BCUT2D eigenvalue weighted by Crippen LogP contribution is 2.13. The van der Waals surface area contributed by atoms with E-state index in [0.29, 0.717) is 6.42 Å². The zero-order valence-corrected chi connectivity index (χ0v) is 10.9. The van der Waals surface area contributed by atoms with Gasteiger partial charge in [-0.25, -0.2) is 0 Å². The van der Waals surface area contributed by atoms with Crippen LogP contribution in [-0.2, 0) is 24.0 Å². The molecular weight excluding hydrogens is 264 g/mol. The maximum atomic E-state index is 11.4. The van der Waals surface area contributed by atoms with Gasteiger partial charge in [0.2, 0.25) is 0 Å². The summed E-state index contributed by atoms with van der Waals surface area (Å²) in [7, 11) is 0. The van der Waals surface area contributed by atoms with E-state index < -0.39 is 0 Å². The number of hydrogen-bond donors (Lipinski definition) is 0. The van der Waals surface area contributed by atoms with Crippen molar-refractivity contribution in [3.8, 4) is 0 Å². The van der Waals surface area contributed by atoms with Gasteiger partial charge in [0.25, 0.3) is 23.6 Å². The molecule has 1 unspecified atom stereocenters. The third-order valence-electron chi connectivity index (χ3n) is 2.96. The summed E-state index contributed by atoms with van der Waals surface area (Å²) in [5, 5.41) is 0. The molecule has 0 aliphatic carbocycles. The van der Waals surface area contributed by atoms with Gasteiger partial charge in [-0.2, -0.15) is 0 Å². The summed E-state index contributed by atoms with van der Waals surface area (Å²) in [6, 6.07) is -0.346. The van der Waals surface area contributed by atoms with Crippen LogP contribution in [0.3, 0.4) is 0 Å². The largest absolute Gasteiger partial charge is 0.307 e. The van der Waals surface area contributed by atoms with Crippen LogP contribution in [0.25, 0.3) is 0 Å². The highest BCUT2D eigenvalue weighted by Gasteiger charge is 2.30. The van der Waals surface area contributed by atoms with Gasteiger partial charge in [-0.1, -0.05) is 0 Å². The predicted octanol–water partition coefficient (Wildman–Crippen LogP) is -0.570. The average molecular weight is 278 g/mol. The second kappa shape index (κ2) is 6.55. The van der Waals surface area contributed by atoms with E-state index in [4.69, 9.17) is 4.79 Å². The minimum Gasteiger partial charge on any atom is -0.307 e. The zero-order valence-electron chi connectivity index (χ0n) is 10.9. The van der Waals surface area contributed by atoms with E-state index in [2.05, 4.69) is 0 Å². The standard InChI is InChI=1S/C12H12N2O4.CH2O/c1-8(14-11(17)4-5-12(14)18)6-7-13-9(15)2-3-10(13)16;1-2/h2-5,8H,6-7H2,1H3;1H2. The molecule has 7 nitrogen and oxygen atoms in total. The minimum atomic E-state index is -0.357. The van der Waals surface area contributed by atoms with Crippen molar-refractivity contribution in [3.05, 3.63) is 24.3 Å². The molecule has 0 aromatic heterocycles. The van der Waals surface area contributed by atoms with Crippen LogP contribution in [-0.4, -0.2) is 52.8 Å². The van der Waals surface area contributed by atoms with Crippen molar-refractivity contribution in [2.75, 3.05) is 6.54 Å². The van der Waals surface area contributed by atoms with Gasteiger partial charge in [-0.05, 0) is 13.3 Å². The van der Waals surface area contributed by atoms with Crippen LogP contribution in [0.1, 0.15) is 13.3 Å². The normalized spacial score (nSPS) is 18.6. The van der Waals surface area contributed by atoms with Gasteiger partial charge in [-0.3, -0.25) is 29.0 Å². The predicted molar refractivity (Wildman–Crippen MR) is 68.1 cm³/mol. The molecule has 0 radical (unpaired) electrons. The van der Waals surface area contributed by atoms with Crippen molar-refractivity contribution in [1.82, 2.24) is 9.80 Å². The Hall–Kier alpha value is -2.57. The van der Waals surface area contributed by atoms with Gasteiger partial charge >= 0.3 is 0 Å². The Morgan fingerprint density at radius 1 is 0.900 bits per heavy atom. The number of rotatable bonds is 4. The fraction of sp³-hybridized carbons (Fsp3) is 0.308. The van der Waals surface area contributed by atoms with Crippen LogP contribution in [0.2, 0.25) is 0 Å². The van der Waals surface area contributed by atoms with Gasteiger partial charge in [-0.15, -0.1) is 0 Å². The number of carbonyl (C=O) groups is 5. The maximum Gasteiger partial charge on any atom is 0.253 e. The van der Waals surface area contributed by atoms with Crippen molar-refractivity contribution < 1.29 is 24.0 Å². The Kier molecular flexibility index (Phi) is 5.08. The summed E-state index contributed by atoms with van der Waals surface area (Å²) in [6.45, 7) is 3.91. The summed E-state index contributed by atoms with van der Waals surface area (Å²) in [6.07, 6.45) is 5.22. The van der Waals surface area contributed by atoms with Gasteiger partial charge in [0.05, 0.1) is 0 Å². The first-order valence-electron chi connectivity index (χ1n) is 5.88. The number of amides is 4. The van der Waals surface area contributed by atoms with E-state index in [-0.39, 0.29) is 36.2 Å². The molecule has 0 spiro atoms. The van der Waals surface area contributed by atoms with E-state index in [9.17, 15) is 19.2 Å². The summed E-state index contributed by atoms with van der Waals surface area (Å²) < 4.78 is 0. The molecule has 20 heavy (non-hydrogen) atoms. The third-order valence-corrected chi connectivity index (χ3v) is 2.96. The van der Waals surface area contributed by atoms with Crippen molar-refractivity contribution in [2.24, 2.45) is 0 Å². The Bertz CT molecular complexity index is 473. The molecule has 0 bridgehead atoms. The summed E-state index contributed by atoms with van der Waals surface area (Å²) in [5.41, 5.74) is 0.